The first-order chi connectivity index (χ1) is 25.6. The van der Waals surface area contributed by atoms with E-state index < -0.39 is 41.5 Å². The van der Waals surface area contributed by atoms with Gasteiger partial charge in [0.05, 0.1) is 35.4 Å². The van der Waals surface area contributed by atoms with Crippen LogP contribution in [0.2, 0.25) is 0 Å². The van der Waals surface area contributed by atoms with E-state index in [-0.39, 0.29) is 66.6 Å². The third kappa shape index (κ3) is 8.92. The molecule has 6 rings (SSSR count). The van der Waals surface area contributed by atoms with Crippen molar-refractivity contribution in [3.8, 4) is 0 Å². The van der Waals surface area contributed by atoms with Crippen LogP contribution in [0.15, 0.2) is 64.9 Å². The summed E-state index contributed by atoms with van der Waals surface area (Å²) < 4.78 is 5.35. The highest BCUT2D eigenvalue weighted by Gasteiger charge is 2.45. The number of aliphatic hydroxyl groups excluding tert-OH is 1. The Balaban J connectivity index is 0.865. The van der Waals surface area contributed by atoms with Crippen LogP contribution >= 0.6 is 0 Å². The molecule has 278 valence electrons. The number of amides is 5. The number of allylic oxidation sites excluding steroid dienone is 2. The fourth-order valence-corrected chi connectivity index (χ4v) is 7.02. The largest absolute Gasteiger partial charge is 0.511 e. The smallest absolute Gasteiger partial charge is 0.306 e. The molecule has 0 aromatic heterocycles. The zero-order valence-corrected chi connectivity index (χ0v) is 29.3. The average molecular weight is 727 g/mol. The predicted octanol–water partition coefficient (Wildman–Crippen LogP) is 2.00. The van der Waals surface area contributed by atoms with Gasteiger partial charge < -0.3 is 15.2 Å². The molecular formula is C38H42N6O9. The first kappa shape index (κ1) is 37.2. The molecule has 3 heterocycles. The third-order valence-electron chi connectivity index (χ3n) is 9.95. The van der Waals surface area contributed by atoms with Crippen LogP contribution in [0.3, 0.4) is 0 Å². The molecule has 15 heteroatoms. The van der Waals surface area contributed by atoms with E-state index in [1.54, 1.807) is 0 Å². The molecule has 53 heavy (non-hydrogen) atoms. The Labute approximate surface area is 306 Å². The zero-order chi connectivity index (χ0) is 37.5. The maximum absolute atomic E-state index is 13.2. The fourth-order valence-electron chi connectivity index (χ4n) is 7.02. The van der Waals surface area contributed by atoms with Crippen LogP contribution in [-0.2, 0) is 28.7 Å². The van der Waals surface area contributed by atoms with Gasteiger partial charge in [-0.15, -0.1) is 0 Å². The second kappa shape index (κ2) is 16.9. The van der Waals surface area contributed by atoms with E-state index in [2.05, 4.69) is 25.4 Å². The maximum atomic E-state index is 13.2. The van der Waals surface area contributed by atoms with Gasteiger partial charge in [0.2, 0.25) is 17.7 Å². The van der Waals surface area contributed by atoms with Crippen molar-refractivity contribution in [3.63, 3.8) is 0 Å². The quantitative estimate of drug-likeness (QED) is 0.155. The summed E-state index contributed by atoms with van der Waals surface area (Å²) in [6.45, 7) is 5.08. The predicted molar refractivity (Wildman–Crippen MR) is 191 cm³/mol. The maximum Gasteiger partial charge on any atom is 0.306 e. The van der Waals surface area contributed by atoms with E-state index >= 15 is 0 Å². The lowest BCUT2D eigenvalue weighted by Gasteiger charge is -2.34. The van der Waals surface area contributed by atoms with Crippen LogP contribution in [0.5, 0.6) is 0 Å². The third-order valence-corrected chi connectivity index (χ3v) is 9.95. The molecule has 2 unspecified atom stereocenters. The summed E-state index contributed by atoms with van der Waals surface area (Å²) in [7, 11) is 0. The number of esters is 1. The lowest BCUT2D eigenvalue weighted by atomic mass is 9.83. The standard InChI is InChI=1S/C38H42N6O9/c45-30-21-25(24-5-2-1-3-6-24)22-31(46)27(30)23-39-13-14-42-15-17-43(18-16-42)19-20-53-34(49)12-11-32(47)40-28-8-4-7-26-35(28)38(52)44(37(26)51)29-9-10-33(48)41-36(29)50/h1-8,23,25,29,45H,9-22H2,(H,40,47)(H,41,48,50). The number of anilines is 1. The molecule has 2 aromatic carbocycles. The van der Waals surface area contributed by atoms with E-state index in [0.717, 1.165) is 36.6 Å². The van der Waals surface area contributed by atoms with Gasteiger partial charge in [-0.2, -0.15) is 0 Å². The van der Waals surface area contributed by atoms with Gasteiger partial charge in [0.15, 0.2) is 5.78 Å². The number of aliphatic hydroxyl groups is 1. The normalized spacial score (nSPS) is 21.3. The average Bonchev–Trinajstić information content (AvgIpc) is 3.40. The second-order valence-electron chi connectivity index (χ2n) is 13.5. The van der Waals surface area contributed by atoms with Crippen LogP contribution in [-0.4, -0.2) is 126 Å². The van der Waals surface area contributed by atoms with Crippen molar-refractivity contribution in [3.05, 3.63) is 76.6 Å². The van der Waals surface area contributed by atoms with E-state index in [1.807, 2.05) is 30.3 Å². The van der Waals surface area contributed by atoms with Crippen molar-refractivity contribution in [1.82, 2.24) is 20.0 Å². The van der Waals surface area contributed by atoms with Gasteiger partial charge in [-0.3, -0.25) is 58.6 Å². The van der Waals surface area contributed by atoms with Crippen molar-refractivity contribution in [2.24, 2.45) is 4.99 Å². The Bertz CT molecular complexity index is 1850. The molecule has 0 radical (unpaired) electrons. The molecular weight excluding hydrogens is 684 g/mol. The van der Waals surface area contributed by atoms with Crippen LogP contribution in [0.25, 0.3) is 0 Å². The van der Waals surface area contributed by atoms with Crippen molar-refractivity contribution in [2.75, 3.05) is 57.7 Å². The first-order valence-electron chi connectivity index (χ1n) is 17.8. The van der Waals surface area contributed by atoms with Gasteiger partial charge in [-0.1, -0.05) is 36.4 Å². The number of piperazine rings is 1. The number of rotatable bonds is 13. The first-order valence-corrected chi connectivity index (χ1v) is 17.8. The summed E-state index contributed by atoms with van der Waals surface area (Å²) in [5.74, 6) is -3.76. The zero-order valence-electron chi connectivity index (χ0n) is 29.3. The summed E-state index contributed by atoms with van der Waals surface area (Å²) in [6.07, 6.45) is 1.89. The number of carbonyl (C=O) groups excluding carboxylic acids is 7. The molecule has 4 aliphatic rings. The molecule has 0 saturated carbocycles. The van der Waals surface area contributed by atoms with Crippen LogP contribution in [0, 0.1) is 0 Å². The number of fused-ring (bicyclic) bond motifs is 1. The number of carbonyl (C=O) groups is 7. The summed E-state index contributed by atoms with van der Waals surface area (Å²) in [4.78, 5) is 97.6. The molecule has 2 saturated heterocycles. The number of piperidine rings is 1. The molecule has 5 amide bonds. The van der Waals surface area contributed by atoms with Crippen LogP contribution in [0.1, 0.15) is 70.7 Å². The summed E-state index contributed by atoms with van der Waals surface area (Å²) in [5, 5.41) is 15.3. The number of ether oxygens (including phenoxy) is 1. The van der Waals surface area contributed by atoms with Gasteiger partial charge in [-0.25, -0.2) is 0 Å². The highest BCUT2D eigenvalue weighted by Crippen LogP contribution is 2.34. The molecule has 3 aliphatic heterocycles. The topological polar surface area (TPSA) is 195 Å². The SMILES string of the molecule is O=C1CCC(N2C(=O)c3cccc(NC(=O)CCC(=O)OCCN4CCN(CCN=CC5=C(O)CC(c6ccccc6)CC5=O)CC4)c3C2=O)C(=O)N1. The molecule has 2 aromatic rings. The van der Waals surface area contributed by atoms with E-state index in [4.69, 9.17) is 4.74 Å². The molecule has 3 N–H and O–H groups in total. The molecule has 15 nitrogen and oxygen atoms in total. The van der Waals surface area contributed by atoms with Crippen molar-refractivity contribution < 1.29 is 43.4 Å². The van der Waals surface area contributed by atoms with Gasteiger partial charge in [-0.05, 0) is 30.0 Å². The number of imide groups is 2. The monoisotopic (exact) mass is 726 g/mol. The van der Waals surface area contributed by atoms with Crippen molar-refractivity contribution >= 4 is 53.2 Å². The second-order valence-corrected chi connectivity index (χ2v) is 13.5. The Morgan fingerprint density at radius 2 is 1.64 bits per heavy atom. The summed E-state index contributed by atoms with van der Waals surface area (Å²) >= 11 is 0. The van der Waals surface area contributed by atoms with E-state index in [1.165, 1.54) is 24.4 Å². The molecule has 2 fully saturated rings. The Morgan fingerprint density at radius 3 is 2.36 bits per heavy atom. The van der Waals surface area contributed by atoms with Gasteiger partial charge >= 0.3 is 5.97 Å². The van der Waals surface area contributed by atoms with Gasteiger partial charge in [0.25, 0.3) is 11.8 Å². The highest BCUT2D eigenvalue weighted by molar-refractivity contribution is 6.26. The number of nitrogens with one attached hydrogen (secondary N) is 2. The fraction of sp³-hybridized carbons (Fsp3) is 0.421. The van der Waals surface area contributed by atoms with Crippen LogP contribution in [0.4, 0.5) is 5.69 Å². The minimum atomic E-state index is -1.13. The van der Waals surface area contributed by atoms with Gasteiger partial charge in [0, 0.05) is 71.2 Å². The van der Waals surface area contributed by atoms with Crippen molar-refractivity contribution in [2.45, 2.75) is 50.5 Å². The van der Waals surface area contributed by atoms with Crippen molar-refractivity contribution in [1.29, 1.82) is 0 Å². The van der Waals surface area contributed by atoms with E-state index in [9.17, 15) is 38.7 Å². The molecule has 0 spiro atoms. The number of hydrogen-bond donors (Lipinski definition) is 3. The number of hydrogen-bond acceptors (Lipinski definition) is 12. The van der Waals surface area contributed by atoms with Crippen LogP contribution < -0.4 is 10.6 Å². The Morgan fingerprint density at radius 1 is 0.906 bits per heavy atom. The lowest BCUT2D eigenvalue weighted by Crippen LogP contribution is -2.54. The number of aliphatic imine (C=N–C) groups is 1. The number of nitrogens with zero attached hydrogens (tertiary/aromatic N) is 4. The summed E-state index contributed by atoms with van der Waals surface area (Å²) in [5.41, 5.74) is 1.42. The number of ketones is 1. The summed E-state index contributed by atoms with van der Waals surface area (Å²) in [6, 6.07) is 13.0. The highest BCUT2D eigenvalue weighted by atomic mass is 16.5. The molecule has 2 atom stereocenters. The Kier molecular flexibility index (Phi) is 11.8. The van der Waals surface area contributed by atoms with Gasteiger partial charge in [0.1, 0.15) is 18.4 Å². The number of benzene rings is 2. The molecule has 0 bridgehead atoms. The van der Waals surface area contributed by atoms with E-state index in [0.29, 0.717) is 38.0 Å². The lowest BCUT2D eigenvalue weighted by molar-refractivity contribution is -0.145. The molecule has 1 aliphatic carbocycles. The number of Topliss-reactive ketones (excluding diaryl/α,β-unsaturated/α-hetero) is 1. The Hall–Kier alpha value is -5.54. The minimum Gasteiger partial charge on any atom is -0.511 e. The minimum absolute atomic E-state index is 0.00844.